The van der Waals surface area contributed by atoms with E-state index in [1.807, 2.05) is 37.3 Å². The molecule has 2 aromatic carbocycles. The van der Waals surface area contributed by atoms with Gasteiger partial charge in [-0.2, -0.15) is 4.98 Å². The zero-order valence-corrected chi connectivity index (χ0v) is 18.1. The van der Waals surface area contributed by atoms with E-state index >= 15 is 0 Å². The molecule has 0 spiro atoms. The van der Waals surface area contributed by atoms with E-state index in [9.17, 15) is 13.2 Å². The van der Waals surface area contributed by atoms with Gasteiger partial charge in [-0.05, 0) is 30.7 Å². The monoisotopic (exact) mass is 444 g/mol. The molecule has 3 aromatic rings. The third-order valence-corrected chi connectivity index (χ3v) is 5.36. The van der Waals surface area contributed by atoms with Gasteiger partial charge in [0.2, 0.25) is 27.6 Å². The maximum Gasteiger partial charge on any atom is 0.246 e. The Morgan fingerprint density at radius 1 is 1.13 bits per heavy atom. The van der Waals surface area contributed by atoms with Crippen molar-refractivity contribution in [2.45, 2.75) is 19.9 Å². The minimum absolute atomic E-state index is 0.0138. The highest BCUT2D eigenvalue weighted by atomic mass is 32.2. The third-order valence-electron chi connectivity index (χ3n) is 4.22. The van der Waals surface area contributed by atoms with Gasteiger partial charge in [-0.3, -0.25) is 9.10 Å². The van der Waals surface area contributed by atoms with E-state index < -0.39 is 15.9 Å². The van der Waals surface area contributed by atoms with Crippen molar-refractivity contribution in [3.8, 4) is 17.1 Å². The molecule has 0 radical (unpaired) electrons. The summed E-state index contributed by atoms with van der Waals surface area (Å²) in [5.74, 6) is 0.758. The molecule has 0 bridgehead atoms. The number of hydrogen-bond donors (Lipinski definition) is 1. The molecule has 1 heterocycles. The van der Waals surface area contributed by atoms with Gasteiger partial charge in [-0.1, -0.05) is 42.4 Å². The van der Waals surface area contributed by atoms with Crippen molar-refractivity contribution in [3.05, 3.63) is 60.5 Å². The van der Waals surface area contributed by atoms with Crippen LogP contribution in [0.5, 0.6) is 5.75 Å². The molecule has 0 aliphatic rings. The van der Waals surface area contributed by atoms with Crippen LogP contribution in [0.25, 0.3) is 11.4 Å². The first-order valence-electron chi connectivity index (χ1n) is 9.72. The quantitative estimate of drug-likeness (QED) is 0.511. The molecule has 0 atom stereocenters. The summed E-state index contributed by atoms with van der Waals surface area (Å²) >= 11 is 0. The highest BCUT2D eigenvalue weighted by Gasteiger charge is 2.21. The van der Waals surface area contributed by atoms with E-state index in [0.29, 0.717) is 23.9 Å². The number of benzene rings is 2. The predicted octanol–water partition coefficient (Wildman–Crippen LogP) is 2.61. The fourth-order valence-corrected chi connectivity index (χ4v) is 3.58. The zero-order chi connectivity index (χ0) is 22.3. The normalized spacial score (nSPS) is 11.2. The van der Waals surface area contributed by atoms with E-state index in [1.165, 1.54) is 0 Å². The lowest BCUT2D eigenvalue weighted by molar-refractivity contribution is -0.119. The molecule has 1 N–H and O–H groups in total. The Morgan fingerprint density at radius 2 is 1.84 bits per heavy atom. The van der Waals surface area contributed by atoms with Crippen molar-refractivity contribution in [1.82, 2.24) is 15.5 Å². The summed E-state index contributed by atoms with van der Waals surface area (Å²) in [4.78, 5) is 16.6. The van der Waals surface area contributed by atoms with Crippen LogP contribution in [0, 0.1) is 0 Å². The number of carbonyl (C=O) groups is 1. The molecule has 0 aliphatic carbocycles. The van der Waals surface area contributed by atoms with Gasteiger partial charge in [0.05, 0.1) is 25.1 Å². The second kappa shape index (κ2) is 10.1. The number of anilines is 1. The number of amides is 1. The van der Waals surface area contributed by atoms with Gasteiger partial charge in [-0.25, -0.2) is 8.42 Å². The SMILES string of the molecule is CCCOc1ccc(N(CC(=O)NCc2nc(-c3ccccc3)no2)S(C)(=O)=O)cc1. The van der Waals surface area contributed by atoms with Crippen molar-refractivity contribution < 1.29 is 22.5 Å². The van der Waals surface area contributed by atoms with Crippen molar-refractivity contribution in [1.29, 1.82) is 0 Å². The Hall–Kier alpha value is -3.40. The maximum atomic E-state index is 12.4. The molecule has 0 unspecified atom stereocenters. The summed E-state index contributed by atoms with van der Waals surface area (Å²) in [6.07, 6.45) is 1.91. The topological polar surface area (TPSA) is 115 Å². The molecule has 3 rings (SSSR count). The molecule has 0 saturated heterocycles. The number of ether oxygens (including phenoxy) is 1. The number of nitrogens with one attached hydrogen (secondary N) is 1. The molecule has 1 aromatic heterocycles. The molecule has 164 valence electrons. The first kappa shape index (κ1) is 22.3. The molecular formula is C21H24N4O5S. The van der Waals surface area contributed by atoms with Gasteiger partial charge >= 0.3 is 0 Å². The number of sulfonamides is 1. The molecule has 9 nitrogen and oxygen atoms in total. The van der Waals surface area contributed by atoms with E-state index in [2.05, 4.69) is 15.5 Å². The summed E-state index contributed by atoms with van der Waals surface area (Å²) in [5.41, 5.74) is 1.16. The van der Waals surface area contributed by atoms with Crippen LogP contribution in [0.2, 0.25) is 0 Å². The van der Waals surface area contributed by atoms with Crippen molar-refractivity contribution >= 4 is 21.6 Å². The Bertz CT molecular complexity index is 1100. The van der Waals surface area contributed by atoms with Crippen molar-refractivity contribution in [2.75, 3.05) is 23.7 Å². The summed E-state index contributed by atoms with van der Waals surface area (Å²) in [7, 11) is -3.68. The number of rotatable bonds is 10. The fraction of sp³-hybridized carbons (Fsp3) is 0.286. The van der Waals surface area contributed by atoms with Gasteiger partial charge in [0.1, 0.15) is 12.3 Å². The van der Waals surface area contributed by atoms with E-state index in [0.717, 1.165) is 22.5 Å². The molecule has 10 heteroatoms. The number of aromatic nitrogens is 2. The second-order valence-electron chi connectivity index (χ2n) is 6.77. The minimum atomic E-state index is -3.68. The first-order valence-corrected chi connectivity index (χ1v) is 11.6. The molecule has 0 saturated carbocycles. The average Bonchev–Trinajstić information content (AvgIpc) is 3.24. The van der Waals surface area contributed by atoms with Crippen LogP contribution in [-0.4, -0.2) is 43.9 Å². The van der Waals surface area contributed by atoms with Gasteiger partial charge < -0.3 is 14.6 Å². The third kappa shape index (κ3) is 6.29. The summed E-state index contributed by atoms with van der Waals surface area (Å²) < 4.78 is 36.1. The van der Waals surface area contributed by atoms with Crippen molar-refractivity contribution in [3.63, 3.8) is 0 Å². The second-order valence-corrected chi connectivity index (χ2v) is 8.67. The number of carbonyl (C=O) groups excluding carboxylic acids is 1. The van der Waals surface area contributed by atoms with E-state index in [-0.39, 0.29) is 19.0 Å². The van der Waals surface area contributed by atoms with E-state index in [4.69, 9.17) is 9.26 Å². The van der Waals surface area contributed by atoms with Crippen LogP contribution in [0.1, 0.15) is 19.2 Å². The summed E-state index contributed by atoms with van der Waals surface area (Å²) in [6.45, 7) is 2.17. The lowest BCUT2D eigenvalue weighted by atomic mass is 10.2. The standard InChI is InChI=1S/C21H24N4O5S/c1-3-13-29-18-11-9-17(10-12-18)25(31(2,27)28)15-19(26)22-14-20-23-21(24-30-20)16-7-5-4-6-8-16/h4-12H,3,13-15H2,1-2H3,(H,22,26). The van der Waals surface area contributed by atoms with Gasteiger partial charge in [0, 0.05) is 5.56 Å². The zero-order valence-electron chi connectivity index (χ0n) is 17.3. The number of hydrogen-bond acceptors (Lipinski definition) is 7. The number of nitrogens with zero attached hydrogens (tertiary/aromatic N) is 3. The van der Waals surface area contributed by atoms with Crippen LogP contribution in [0.4, 0.5) is 5.69 Å². The molecule has 31 heavy (non-hydrogen) atoms. The maximum absolute atomic E-state index is 12.4. The Balaban J connectivity index is 1.62. The lowest BCUT2D eigenvalue weighted by Gasteiger charge is -2.22. The van der Waals surface area contributed by atoms with Crippen LogP contribution >= 0.6 is 0 Å². The van der Waals surface area contributed by atoms with Crippen LogP contribution in [0.15, 0.2) is 59.1 Å². The van der Waals surface area contributed by atoms with Gasteiger partial charge in [-0.15, -0.1) is 0 Å². The molecule has 0 fully saturated rings. The van der Waals surface area contributed by atoms with Gasteiger partial charge in [0.15, 0.2) is 0 Å². The lowest BCUT2D eigenvalue weighted by Crippen LogP contribution is -2.40. The fourth-order valence-electron chi connectivity index (χ4n) is 2.72. The highest BCUT2D eigenvalue weighted by molar-refractivity contribution is 7.92. The van der Waals surface area contributed by atoms with Crippen LogP contribution in [-0.2, 0) is 21.4 Å². The highest BCUT2D eigenvalue weighted by Crippen LogP contribution is 2.21. The summed E-state index contributed by atoms with van der Waals surface area (Å²) in [6, 6.07) is 15.8. The Morgan fingerprint density at radius 3 is 2.48 bits per heavy atom. The van der Waals surface area contributed by atoms with E-state index in [1.54, 1.807) is 24.3 Å². The average molecular weight is 445 g/mol. The van der Waals surface area contributed by atoms with Gasteiger partial charge in [0.25, 0.3) is 0 Å². The summed E-state index contributed by atoms with van der Waals surface area (Å²) in [5, 5.41) is 6.50. The smallest absolute Gasteiger partial charge is 0.246 e. The molecule has 0 aliphatic heterocycles. The van der Waals surface area contributed by atoms with Crippen LogP contribution < -0.4 is 14.4 Å². The largest absolute Gasteiger partial charge is 0.494 e. The Kier molecular flexibility index (Phi) is 7.24. The Labute approximate surface area is 181 Å². The first-order chi connectivity index (χ1) is 14.9. The molecular weight excluding hydrogens is 420 g/mol. The van der Waals surface area contributed by atoms with Crippen LogP contribution in [0.3, 0.4) is 0 Å². The molecule has 1 amide bonds. The predicted molar refractivity (Wildman–Crippen MR) is 116 cm³/mol. The van der Waals surface area contributed by atoms with Crippen molar-refractivity contribution in [2.24, 2.45) is 0 Å². The minimum Gasteiger partial charge on any atom is -0.494 e.